The fourth-order valence-electron chi connectivity index (χ4n) is 2.24. The van der Waals surface area contributed by atoms with Crippen molar-refractivity contribution in [1.29, 1.82) is 0 Å². The van der Waals surface area contributed by atoms with Gasteiger partial charge in [-0.05, 0) is 24.8 Å². The maximum absolute atomic E-state index is 3.48. The van der Waals surface area contributed by atoms with Crippen LogP contribution in [-0.4, -0.2) is 37.1 Å². The third-order valence-corrected chi connectivity index (χ3v) is 3.15. The van der Waals surface area contributed by atoms with Gasteiger partial charge in [0.2, 0.25) is 0 Å². The molecule has 1 heterocycles. The Morgan fingerprint density at radius 1 is 1.33 bits per heavy atom. The number of rotatable bonds is 1. The first-order chi connectivity index (χ1) is 5.77. The molecule has 0 aromatic heterocycles. The molecular formula is C10H20N2. The van der Waals surface area contributed by atoms with E-state index in [2.05, 4.69) is 24.1 Å². The highest BCUT2D eigenvalue weighted by atomic mass is 15.2. The van der Waals surface area contributed by atoms with Crippen LogP contribution in [0.15, 0.2) is 0 Å². The molecule has 1 saturated heterocycles. The lowest BCUT2D eigenvalue weighted by Gasteiger charge is -2.21. The van der Waals surface area contributed by atoms with Gasteiger partial charge in [0, 0.05) is 25.7 Å². The van der Waals surface area contributed by atoms with E-state index in [1.165, 1.54) is 32.6 Å². The van der Waals surface area contributed by atoms with E-state index in [1.54, 1.807) is 0 Å². The van der Waals surface area contributed by atoms with Crippen molar-refractivity contribution < 1.29 is 0 Å². The Morgan fingerprint density at radius 2 is 2.08 bits per heavy atom. The van der Waals surface area contributed by atoms with Crippen molar-refractivity contribution in [3.63, 3.8) is 0 Å². The molecule has 0 amide bonds. The van der Waals surface area contributed by atoms with Gasteiger partial charge < -0.3 is 5.32 Å². The van der Waals surface area contributed by atoms with Crippen LogP contribution < -0.4 is 5.32 Å². The Balaban J connectivity index is 1.87. The Labute approximate surface area is 75.3 Å². The maximum atomic E-state index is 3.48. The van der Waals surface area contributed by atoms with Gasteiger partial charge in [0.15, 0.2) is 0 Å². The van der Waals surface area contributed by atoms with E-state index in [0.717, 1.165) is 17.9 Å². The molecule has 1 N–H and O–H groups in total. The highest BCUT2D eigenvalue weighted by Crippen LogP contribution is 2.35. The van der Waals surface area contributed by atoms with Crippen molar-refractivity contribution in [3.05, 3.63) is 0 Å². The van der Waals surface area contributed by atoms with E-state index < -0.39 is 0 Å². The highest BCUT2D eigenvalue weighted by Gasteiger charge is 2.38. The van der Waals surface area contributed by atoms with Crippen LogP contribution in [0.5, 0.6) is 0 Å². The zero-order valence-electron chi connectivity index (χ0n) is 8.21. The molecule has 1 aliphatic heterocycles. The molecule has 1 aliphatic carbocycles. The standard InChI is InChI=1S/C10H20N2/c1-8-6-11-3-4-12(7-8)10-5-9(10)2/h8-11H,3-7H2,1-2H3/t8-,9+,10-/m1/s1. The van der Waals surface area contributed by atoms with E-state index in [-0.39, 0.29) is 0 Å². The van der Waals surface area contributed by atoms with Gasteiger partial charge in [-0.2, -0.15) is 0 Å². The van der Waals surface area contributed by atoms with Crippen LogP contribution >= 0.6 is 0 Å². The van der Waals surface area contributed by atoms with Crippen molar-refractivity contribution in [1.82, 2.24) is 10.2 Å². The van der Waals surface area contributed by atoms with Gasteiger partial charge >= 0.3 is 0 Å². The van der Waals surface area contributed by atoms with Crippen LogP contribution in [0, 0.1) is 11.8 Å². The molecule has 70 valence electrons. The van der Waals surface area contributed by atoms with Gasteiger partial charge in [-0.1, -0.05) is 13.8 Å². The Morgan fingerprint density at radius 3 is 2.75 bits per heavy atom. The summed E-state index contributed by atoms with van der Waals surface area (Å²) < 4.78 is 0. The van der Waals surface area contributed by atoms with Crippen molar-refractivity contribution in [2.45, 2.75) is 26.3 Å². The summed E-state index contributed by atoms with van der Waals surface area (Å²) >= 11 is 0. The summed E-state index contributed by atoms with van der Waals surface area (Å²) in [4.78, 5) is 2.68. The average molecular weight is 168 g/mol. The Hall–Kier alpha value is -0.0800. The molecule has 0 aromatic rings. The lowest BCUT2D eigenvalue weighted by molar-refractivity contribution is 0.246. The van der Waals surface area contributed by atoms with Gasteiger partial charge in [-0.3, -0.25) is 4.90 Å². The fourth-order valence-corrected chi connectivity index (χ4v) is 2.24. The van der Waals surface area contributed by atoms with Gasteiger partial charge in [-0.15, -0.1) is 0 Å². The van der Waals surface area contributed by atoms with E-state index in [9.17, 15) is 0 Å². The normalized spacial score (nSPS) is 44.0. The van der Waals surface area contributed by atoms with Crippen LogP contribution in [0.1, 0.15) is 20.3 Å². The van der Waals surface area contributed by atoms with Crippen molar-refractivity contribution in [2.24, 2.45) is 11.8 Å². The second-order valence-corrected chi connectivity index (χ2v) is 4.58. The second kappa shape index (κ2) is 3.35. The monoisotopic (exact) mass is 168 g/mol. The molecule has 2 heteroatoms. The van der Waals surface area contributed by atoms with Gasteiger partial charge in [0.05, 0.1) is 0 Å². The minimum absolute atomic E-state index is 0.834. The number of hydrogen-bond acceptors (Lipinski definition) is 2. The minimum Gasteiger partial charge on any atom is -0.315 e. The molecular weight excluding hydrogens is 148 g/mol. The molecule has 3 atom stereocenters. The first kappa shape index (κ1) is 8.52. The lowest BCUT2D eigenvalue weighted by atomic mass is 10.2. The van der Waals surface area contributed by atoms with Crippen LogP contribution in [0.25, 0.3) is 0 Å². The largest absolute Gasteiger partial charge is 0.315 e. The molecule has 0 bridgehead atoms. The van der Waals surface area contributed by atoms with E-state index in [0.29, 0.717) is 0 Å². The third-order valence-electron chi connectivity index (χ3n) is 3.15. The molecule has 2 aliphatic rings. The van der Waals surface area contributed by atoms with Crippen LogP contribution in [-0.2, 0) is 0 Å². The maximum Gasteiger partial charge on any atom is 0.0125 e. The van der Waals surface area contributed by atoms with E-state index in [4.69, 9.17) is 0 Å². The first-order valence-electron chi connectivity index (χ1n) is 5.22. The smallest absolute Gasteiger partial charge is 0.0125 e. The number of nitrogens with one attached hydrogen (secondary N) is 1. The third kappa shape index (κ3) is 1.80. The number of hydrogen-bond donors (Lipinski definition) is 1. The van der Waals surface area contributed by atoms with Gasteiger partial charge in [0.1, 0.15) is 0 Å². The summed E-state index contributed by atoms with van der Waals surface area (Å²) in [5, 5.41) is 3.48. The first-order valence-corrected chi connectivity index (χ1v) is 5.22. The second-order valence-electron chi connectivity index (χ2n) is 4.58. The van der Waals surface area contributed by atoms with Gasteiger partial charge in [-0.25, -0.2) is 0 Å². The predicted molar refractivity (Wildman–Crippen MR) is 51.2 cm³/mol. The van der Waals surface area contributed by atoms with Crippen molar-refractivity contribution >= 4 is 0 Å². The summed E-state index contributed by atoms with van der Waals surface area (Å²) in [5.41, 5.74) is 0. The minimum atomic E-state index is 0.834. The van der Waals surface area contributed by atoms with E-state index in [1.807, 2.05) is 0 Å². The van der Waals surface area contributed by atoms with E-state index >= 15 is 0 Å². The fraction of sp³-hybridized carbons (Fsp3) is 1.00. The Kier molecular flexibility index (Phi) is 2.37. The van der Waals surface area contributed by atoms with Gasteiger partial charge in [0.25, 0.3) is 0 Å². The topological polar surface area (TPSA) is 15.3 Å². The molecule has 1 saturated carbocycles. The predicted octanol–water partition coefficient (Wildman–Crippen LogP) is 0.936. The van der Waals surface area contributed by atoms with Crippen molar-refractivity contribution in [2.75, 3.05) is 26.2 Å². The summed E-state index contributed by atoms with van der Waals surface area (Å²) in [7, 11) is 0. The molecule has 0 unspecified atom stereocenters. The summed E-state index contributed by atoms with van der Waals surface area (Å²) in [6.07, 6.45) is 1.44. The highest BCUT2D eigenvalue weighted by molar-refractivity contribution is 4.93. The summed E-state index contributed by atoms with van der Waals surface area (Å²) in [6, 6.07) is 0.923. The number of nitrogens with zero attached hydrogens (tertiary/aromatic N) is 1. The average Bonchev–Trinajstić information content (AvgIpc) is 2.75. The zero-order valence-corrected chi connectivity index (χ0v) is 8.21. The zero-order chi connectivity index (χ0) is 8.55. The summed E-state index contributed by atoms with van der Waals surface area (Å²) in [6.45, 7) is 9.68. The molecule has 2 rings (SSSR count). The quantitative estimate of drug-likeness (QED) is 0.627. The molecule has 0 aromatic carbocycles. The SMILES string of the molecule is C[C@@H]1CNCCN([C@@H]2C[C@@H]2C)C1. The summed E-state index contributed by atoms with van der Waals surface area (Å²) in [5.74, 6) is 1.80. The van der Waals surface area contributed by atoms with Crippen LogP contribution in [0.2, 0.25) is 0 Å². The molecule has 12 heavy (non-hydrogen) atoms. The van der Waals surface area contributed by atoms with Crippen LogP contribution in [0.3, 0.4) is 0 Å². The molecule has 0 radical (unpaired) electrons. The van der Waals surface area contributed by atoms with Crippen LogP contribution in [0.4, 0.5) is 0 Å². The van der Waals surface area contributed by atoms with Crippen molar-refractivity contribution in [3.8, 4) is 0 Å². The molecule has 2 fully saturated rings. The molecule has 2 nitrogen and oxygen atoms in total. The molecule has 0 spiro atoms. The lowest BCUT2D eigenvalue weighted by Crippen LogP contribution is -2.32. The Bertz CT molecular complexity index is 158.